The van der Waals surface area contributed by atoms with Crippen molar-refractivity contribution in [1.82, 2.24) is 20.6 Å². The van der Waals surface area contributed by atoms with Crippen molar-refractivity contribution in [1.29, 1.82) is 0 Å². The predicted molar refractivity (Wildman–Crippen MR) is 42.3 cm³/mol. The van der Waals surface area contributed by atoms with Gasteiger partial charge in [0.05, 0.1) is 0 Å². The summed E-state index contributed by atoms with van der Waals surface area (Å²) in [4.78, 5) is 0. The minimum Gasteiger partial charge on any atom is -0.508 e. The van der Waals surface area contributed by atoms with Gasteiger partial charge in [-0.25, -0.2) is 0 Å². The van der Waals surface area contributed by atoms with E-state index in [4.69, 9.17) is 5.11 Å². The Morgan fingerprint density at radius 3 is 2.17 bits per heavy atom. The Hall–Kier alpha value is -1.91. The Balaban J connectivity index is 0.000000127. The number of aromatic hydroxyl groups is 1. The number of para-hydroxylation sites is 1. The number of nitrogens with one attached hydrogen (secondary N) is 1. The molecule has 0 unspecified atom stereocenters. The lowest BCUT2D eigenvalue weighted by Gasteiger charge is -1.82. The van der Waals surface area contributed by atoms with Gasteiger partial charge in [0.1, 0.15) is 5.75 Å². The van der Waals surface area contributed by atoms with Crippen molar-refractivity contribution in [2.24, 2.45) is 0 Å². The Morgan fingerprint density at radius 1 is 1.17 bits per heavy atom. The average molecular weight is 164 g/mol. The van der Waals surface area contributed by atoms with Gasteiger partial charge < -0.3 is 5.11 Å². The summed E-state index contributed by atoms with van der Waals surface area (Å²) >= 11 is 0. The fourth-order valence-electron chi connectivity index (χ4n) is 0.557. The van der Waals surface area contributed by atoms with Crippen molar-refractivity contribution in [2.45, 2.75) is 0 Å². The molecule has 0 aliphatic carbocycles. The van der Waals surface area contributed by atoms with Gasteiger partial charge in [-0.05, 0) is 12.1 Å². The molecule has 0 amide bonds. The van der Waals surface area contributed by atoms with E-state index in [0.717, 1.165) is 0 Å². The summed E-state index contributed by atoms with van der Waals surface area (Å²) in [5, 5.41) is 20.8. The van der Waals surface area contributed by atoms with Gasteiger partial charge in [-0.3, -0.25) is 0 Å². The van der Waals surface area contributed by atoms with E-state index in [0.29, 0.717) is 5.75 Å². The third kappa shape index (κ3) is 3.31. The van der Waals surface area contributed by atoms with Crippen LogP contribution in [0.4, 0.5) is 0 Å². The molecule has 12 heavy (non-hydrogen) atoms. The minimum atomic E-state index is 0.322. The topological polar surface area (TPSA) is 74.7 Å². The summed E-state index contributed by atoms with van der Waals surface area (Å²) in [6.45, 7) is 0. The lowest BCUT2D eigenvalue weighted by molar-refractivity contribution is 0.475. The molecule has 0 saturated heterocycles. The van der Waals surface area contributed by atoms with Gasteiger partial charge in [0.15, 0.2) is 6.33 Å². The summed E-state index contributed by atoms with van der Waals surface area (Å²) in [6, 6.07) is 8.71. The molecule has 2 N–H and O–H groups in total. The number of phenolic OH excluding ortho intramolecular Hbond substituents is 1. The largest absolute Gasteiger partial charge is 0.508 e. The lowest BCUT2D eigenvalue weighted by Crippen LogP contribution is -1.64. The second kappa shape index (κ2) is 4.84. The van der Waals surface area contributed by atoms with Crippen molar-refractivity contribution >= 4 is 0 Å². The molecule has 0 radical (unpaired) electrons. The number of rotatable bonds is 0. The van der Waals surface area contributed by atoms with E-state index in [1.54, 1.807) is 24.3 Å². The smallest absolute Gasteiger partial charge is 0.161 e. The van der Waals surface area contributed by atoms with Crippen LogP contribution in [0.25, 0.3) is 0 Å². The maximum Gasteiger partial charge on any atom is 0.161 e. The molecule has 62 valence electrons. The monoisotopic (exact) mass is 164 g/mol. The first-order valence-corrected chi connectivity index (χ1v) is 3.30. The van der Waals surface area contributed by atoms with Crippen LogP contribution in [0.1, 0.15) is 0 Å². The number of hydrogen-bond acceptors (Lipinski definition) is 4. The number of aromatic amines is 1. The Labute approximate surface area is 69.1 Å². The zero-order valence-corrected chi connectivity index (χ0v) is 6.25. The van der Waals surface area contributed by atoms with Gasteiger partial charge in [0.25, 0.3) is 0 Å². The third-order valence-corrected chi connectivity index (χ3v) is 1.03. The highest BCUT2D eigenvalue weighted by Gasteiger charge is 1.74. The normalized spacial score (nSPS) is 8.33. The van der Waals surface area contributed by atoms with Crippen LogP contribution in [0.5, 0.6) is 5.75 Å². The summed E-state index contributed by atoms with van der Waals surface area (Å²) < 4.78 is 0. The first-order chi connectivity index (χ1) is 5.89. The number of tetrazole rings is 1. The first-order valence-electron chi connectivity index (χ1n) is 3.30. The molecule has 1 heterocycles. The van der Waals surface area contributed by atoms with E-state index in [1.807, 2.05) is 6.07 Å². The summed E-state index contributed by atoms with van der Waals surface area (Å²) in [6.07, 6.45) is 1.33. The Morgan fingerprint density at radius 2 is 1.92 bits per heavy atom. The van der Waals surface area contributed by atoms with Gasteiger partial charge in [-0.15, -0.1) is 10.2 Å². The highest BCUT2D eigenvalue weighted by Crippen LogP contribution is 2.02. The van der Waals surface area contributed by atoms with Crippen molar-refractivity contribution in [3.05, 3.63) is 36.7 Å². The van der Waals surface area contributed by atoms with Gasteiger partial charge in [0.2, 0.25) is 0 Å². The first kappa shape index (κ1) is 8.19. The highest BCUT2D eigenvalue weighted by atomic mass is 16.3. The molecule has 5 nitrogen and oxygen atoms in total. The molecule has 0 spiro atoms. The second-order valence-corrected chi connectivity index (χ2v) is 1.90. The van der Waals surface area contributed by atoms with Crippen LogP contribution in [0.3, 0.4) is 0 Å². The van der Waals surface area contributed by atoms with E-state index < -0.39 is 0 Å². The van der Waals surface area contributed by atoms with Gasteiger partial charge >= 0.3 is 0 Å². The third-order valence-electron chi connectivity index (χ3n) is 1.03. The van der Waals surface area contributed by atoms with Crippen LogP contribution in [0, 0.1) is 0 Å². The number of phenols is 1. The minimum absolute atomic E-state index is 0.322. The lowest BCUT2D eigenvalue weighted by atomic mass is 10.3. The molecule has 0 atom stereocenters. The summed E-state index contributed by atoms with van der Waals surface area (Å²) in [5.74, 6) is 0.322. The quantitative estimate of drug-likeness (QED) is 0.597. The van der Waals surface area contributed by atoms with Crippen LogP contribution in [-0.4, -0.2) is 25.7 Å². The van der Waals surface area contributed by atoms with Crippen molar-refractivity contribution in [2.75, 3.05) is 0 Å². The SMILES string of the molecule is Oc1ccccc1.c1nn[nH]n1. The van der Waals surface area contributed by atoms with E-state index >= 15 is 0 Å². The Kier molecular flexibility index (Phi) is 3.30. The van der Waals surface area contributed by atoms with Crippen LogP contribution in [0.2, 0.25) is 0 Å². The predicted octanol–water partition coefficient (Wildman–Crippen LogP) is 0.592. The van der Waals surface area contributed by atoms with Crippen molar-refractivity contribution < 1.29 is 5.11 Å². The molecule has 0 fully saturated rings. The fourth-order valence-corrected chi connectivity index (χ4v) is 0.557. The van der Waals surface area contributed by atoms with Crippen LogP contribution in [0.15, 0.2) is 36.7 Å². The molecule has 0 saturated carbocycles. The number of nitrogens with zero attached hydrogens (tertiary/aromatic N) is 3. The van der Waals surface area contributed by atoms with Crippen LogP contribution >= 0.6 is 0 Å². The number of H-pyrrole nitrogens is 1. The summed E-state index contributed by atoms with van der Waals surface area (Å²) in [7, 11) is 0. The molecule has 0 aliphatic rings. The Bertz CT molecular complexity index is 264. The second-order valence-electron chi connectivity index (χ2n) is 1.90. The standard InChI is InChI=1S/C6H6O.CH2N4/c7-6-4-2-1-3-5-6;1-2-4-5-3-1/h1-5,7H;1H,(H,2,3,4,5). The zero-order valence-electron chi connectivity index (χ0n) is 6.25. The molecule has 0 aliphatic heterocycles. The molecule has 1 aromatic heterocycles. The zero-order chi connectivity index (χ0) is 8.65. The summed E-state index contributed by atoms with van der Waals surface area (Å²) in [5.41, 5.74) is 0. The number of benzene rings is 1. The van der Waals surface area contributed by atoms with Gasteiger partial charge in [-0.1, -0.05) is 23.4 Å². The molecule has 1 aromatic carbocycles. The maximum atomic E-state index is 8.63. The van der Waals surface area contributed by atoms with Crippen LogP contribution < -0.4 is 0 Å². The van der Waals surface area contributed by atoms with Crippen LogP contribution in [-0.2, 0) is 0 Å². The van der Waals surface area contributed by atoms with Crippen molar-refractivity contribution in [3.8, 4) is 5.75 Å². The molecular formula is C7H8N4O. The van der Waals surface area contributed by atoms with Gasteiger partial charge in [0, 0.05) is 0 Å². The molecule has 0 bridgehead atoms. The van der Waals surface area contributed by atoms with Gasteiger partial charge in [-0.2, -0.15) is 5.21 Å². The van der Waals surface area contributed by atoms with E-state index in [1.165, 1.54) is 6.33 Å². The molecule has 5 heteroatoms. The highest BCUT2D eigenvalue weighted by molar-refractivity contribution is 5.18. The fraction of sp³-hybridized carbons (Fsp3) is 0. The van der Waals surface area contributed by atoms with E-state index in [2.05, 4.69) is 20.6 Å². The number of aromatic nitrogens is 4. The van der Waals surface area contributed by atoms with E-state index in [-0.39, 0.29) is 0 Å². The molecular weight excluding hydrogens is 156 g/mol. The molecule has 2 aromatic rings. The van der Waals surface area contributed by atoms with Crippen molar-refractivity contribution in [3.63, 3.8) is 0 Å². The van der Waals surface area contributed by atoms with E-state index in [9.17, 15) is 0 Å². The maximum absolute atomic E-state index is 8.63. The average Bonchev–Trinajstić information content (AvgIpc) is 2.62. The molecule has 2 rings (SSSR count). The number of hydrogen-bond donors (Lipinski definition) is 2.